The van der Waals surface area contributed by atoms with Gasteiger partial charge in [-0.3, -0.25) is 9.59 Å². The zero-order valence-corrected chi connectivity index (χ0v) is 11.6. The third-order valence-electron chi connectivity index (χ3n) is 4.08. The van der Waals surface area contributed by atoms with Crippen LogP contribution in [-0.2, 0) is 4.79 Å². The standard InChI is InChI=1S/C17H22O2/c1-13(17(19)15-10-6-3-7-11-15)12-16(18)14-8-4-2-5-9-14/h2,4-5,8-9,13,15H,3,6-7,10-12H2,1H3. The molecule has 0 radical (unpaired) electrons. The van der Waals surface area contributed by atoms with Crippen LogP contribution in [0.15, 0.2) is 30.3 Å². The monoisotopic (exact) mass is 258 g/mol. The van der Waals surface area contributed by atoms with E-state index in [0.717, 1.165) is 25.7 Å². The molecule has 1 aliphatic rings. The van der Waals surface area contributed by atoms with E-state index in [9.17, 15) is 9.59 Å². The maximum Gasteiger partial charge on any atom is 0.163 e. The van der Waals surface area contributed by atoms with Gasteiger partial charge in [0.05, 0.1) is 0 Å². The number of hydrogen-bond donors (Lipinski definition) is 0. The molecule has 0 amide bonds. The molecule has 2 nitrogen and oxygen atoms in total. The molecule has 1 aliphatic carbocycles. The van der Waals surface area contributed by atoms with Crippen LogP contribution in [0.1, 0.15) is 55.8 Å². The van der Waals surface area contributed by atoms with E-state index in [1.165, 1.54) is 6.42 Å². The Morgan fingerprint density at radius 1 is 1.11 bits per heavy atom. The van der Waals surface area contributed by atoms with Crippen LogP contribution in [0.2, 0.25) is 0 Å². The van der Waals surface area contributed by atoms with Crippen molar-refractivity contribution in [3.8, 4) is 0 Å². The first kappa shape index (κ1) is 14.0. The van der Waals surface area contributed by atoms with Gasteiger partial charge in [-0.15, -0.1) is 0 Å². The number of hydrogen-bond acceptors (Lipinski definition) is 2. The summed E-state index contributed by atoms with van der Waals surface area (Å²) in [6, 6.07) is 9.26. The van der Waals surface area contributed by atoms with E-state index in [1.54, 1.807) is 0 Å². The van der Waals surface area contributed by atoms with Gasteiger partial charge in [0.1, 0.15) is 5.78 Å². The zero-order chi connectivity index (χ0) is 13.7. The van der Waals surface area contributed by atoms with E-state index in [1.807, 2.05) is 37.3 Å². The topological polar surface area (TPSA) is 34.1 Å². The molecule has 0 heterocycles. The number of rotatable bonds is 5. The fraction of sp³-hybridized carbons (Fsp3) is 0.529. The van der Waals surface area contributed by atoms with Gasteiger partial charge in [-0.2, -0.15) is 0 Å². The molecule has 2 heteroatoms. The van der Waals surface area contributed by atoms with Gasteiger partial charge in [-0.25, -0.2) is 0 Å². The summed E-state index contributed by atoms with van der Waals surface area (Å²) in [5.41, 5.74) is 0.714. The molecule has 2 rings (SSSR count). The Hall–Kier alpha value is -1.44. The van der Waals surface area contributed by atoms with E-state index in [4.69, 9.17) is 0 Å². The van der Waals surface area contributed by atoms with Gasteiger partial charge in [-0.1, -0.05) is 56.5 Å². The maximum absolute atomic E-state index is 12.3. The van der Waals surface area contributed by atoms with Crippen LogP contribution in [0.25, 0.3) is 0 Å². The van der Waals surface area contributed by atoms with Crippen molar-refractivity contribution in [1.29, 1.82) is 0 Å². The number of carbonyl (C=O) groups excluding carboxylic acids is 2. The van der Waals surface area contributed by atoms with Gasteiger partial charge < -0.3 is 0 Å². The molecule has 1 aromatic carbocycles. The highest BCUT2D eigenvalue weighted by Crippen LogP contribution is 2.27. The van der Waals surface area contributed by atoms with E-state index in [2.05, 4.69) is 0 Å². The average Bonchev–Trinajstić information content (AvgIpc) is 2.48. The van der Waals surface area contributed by atoms with Gasteiger partial charge in [0.15, 0.2) is 5.78 Å². The predicted molar refractivity (Wildman–Crippen MR) is 76.1 cm³/mol. The second kappa shape index (κ2) is 6.65. The molecular weight excluding hydrogens is 236 g/mol. The summed E-state index contributed by atoms with van der Waals surface area (Å²) in [6.07, 6.45) is 5.96. The first-order valence-corrected chi connectivity index (χ1v) is 7.30. The lowest BCUT2D eigenvalue weighted by atomic mass is 9.80. The number of ketones is 2. The Kier molecular flexibility index (Phi) is 4.89. The largest absolute Gasteiger partial charge is 0.299 e. The van der Waals surface area contributed by atoms with Crippen molar-refractivity contribution in [3.05, 3.63) is 35.9 Å². The summed E-state index contributed by atoms with van der Waals surface area (Å²) in [6.45, 7) is 1.90. The Morgan fingerprint density at radius 3 is 2.37 bits per heavy atom. The molecule has 1 atom stereocenters. The zero-order valence-electron chi connectivity index (χ0n) is 11.6. The van der Waals surface area contributed by atoms with Gasteiger partial charge in [0, 0.05) is 23.8 Å². The average molecular weight is 258 g/mol. The Bertz CT molecular complexity index is 430. The molecule has 0 spiro atoms. The summed E-state index contributed by atoms with van der Waals surface area (Å²) in [4.78, 5) is 24.4. The van der Waals surface area contributed by atoms with Crippen molar-refractivity contribution < 1.29 is 9.59 Å². The maximum atomic E-state index is 12.3. The van der Waals surface area contributed by atoms with Crippen molar-refractivity contribution in [1.82, 2.24) is 0 Å². The number of carbonyl (C=O) groups is 2. The predicted octanol–water partition coefficient (Wildman–Crippen LogP) is 4.04. The van der Waals surface area contributed by atoms with Crippen LogP contribution in [0.5, 0.6) is 0 Å². The Morgan fingerprint density at radius 2 is 1.74 bits per heavy atom. The Balaban J connectivity index is 1.91. The first-order valence-electron chi connectivity index (χ1n) is 7.30. The SMILES string of the molecule is CC(CC(=O)c1ccccc1)C(=O)C1CCCCC1. The molecular formula is C17H22O2. The van der Waals surface area contributed by atoms with Gasteiger partial charge in [0.2, 0.25) is 0 Å². The fourth-order valence-electron chi connectivity index (χ4n) is 2.91. The molecule has 102 valence electrons. The minimum atomic E-state index is -0.143. The summed E-state index contributed by atoms with van der Waals surface area (Å²) >= 11 is 0. The van der Waals surface area contributed by atoms with Crippen LogP contribution in [0.3, 0.4) is 0 Å². The molecule has 1 saturated carbocycles. The molecule has 0 N–H and O–H groups in total. The van der Waals surface area contributed by atoms with Crippen LogP contribution in [-0.4, -0.2) is 11.6 Å². The summed E-state index contributed by atoms with van der Waals surface area (Å²) in [5, 5.41) is 0. The van der Waals surface area contributed by atoms with Crippen molar-refractivity contribution in [2.24, 2.45) is 11.8 Å². The van der Waals surface area contributed by atoms with Gasteiger partial charge >= 0.3 is 0 Å². The van der Waals surface area contributed by atoms with E-state index >= 15 is 0 Å². The number of benzene rings is 1. The molecule has 1 aromatic rings. The van der Waals surface area contributed by atoms with E-state index in [0.29, 0.717) is 17.8 Å². The first-order chi connectivity index (χ1) is 9.18. The van der Waals surface area contributed by atoms with Crippen molar-refractivity contribution >= 4 is 11.6 Å². The lowest BCUT2D eigenvalue weighted by Crippen LogP contribution is -2.25. The lowest BCUT2D eigenvalue weighted by Gasteiger charge is -2.23. The van der Waals surface area contributed by atoms with Crippen LogP contribution >= 0.6 is 0 Å². The molecule has 0 aromatic heterocycles. The summed E-state index contributed by atoms with van der Waals surface area (Å²) in [7, 11) is 0. The Labute approximate surface area is 115 Å². The molecule has 0 aliphatic heterocycles. The highest BCUT2D eigenvalue weighted by atomic mass is 16.1. The van der Waals surface area contributed by atoms with Crippen molar-refractivity contribution in [2.75, 3.05) is 0 Å². The third kappa shape index (κ3) is 3.76. The van der Waals surface area contributed by atoms with Gasteiger partial charge in [-0.05, 0) is 12.8 Å². The van der Waals surface area contributed by atoms with Crippen molar-refractivity contribution in [2.45, 2.75) is 45.4 Å². The van der Waals surface area contributed by atoms with E-state index < -0.39 is 0 Å². The summed E-state index contributed by atoms with van der Waals surface area (Å²) in [5.74, 6) is 0.435. The minimum absolute atomic E-state index is 0.0808. The molecule has 0 bridgehead atoms. The molecule has 19 heavy (non-hydrogen) atoms. The summed E-state index contributed by atoms with van der Waals surface area (Å²) < 4.78 is 0. The van der Waals surface area contributed by atoms with E-state index in [-0.39, 0.29) is 17.6 Å². The second-order valence-corrected chi connectivity index (χ2v) is 5.63. The van der Waals surface area contributed by atoms with Gasteiger partial charge in [0.25, 0.3) is 0 Å². The minimum Gasteiger partial charge on any atom is -0.299 e. The quantitative estimate of drug-likeness (QED) is 0.747. The fourth-order valence-corrected chi connectivity index (χ4v) is 2.91. The molecule has 0 saturated heterocycles. The third-order valence-corrected chi connectivity index (χ3v) is 4.08. The lowest BCUT2D eigenvalue weighted by molar-refractivity contribution is -0.127. The smallest absolute Gasteiger partial charge is 0.163 e. The molecule has 1 unspecified atom stereocenters. The van der Waals surface area contributed by atoms with Crippen molar-refractivity contribution in [3.63, 3.8) is 0 Å². The van der Waals surface area contributed by atoms with Crippen LogP contribution in [0, 0.1) is 11.8 Å². The highest BCUT2D eigenvalue weighted by Gasteiger charge is 2.26. The molecule has 1 fully saturated rings. The number of Topliss-reactive ketones (excluding diaryl/α,β-unsaturated/α-hetero) is 2. The second-order valence-electron chi connectivity index (χ2n) is 5.63. The highest BCUT2D eigenvalue weighted by molar-refractivity contribution is 5.99. The van der Waals surface area contributed by atoms with Crippen LogP contribution < -0.4 is 0 Å². The van der Waals surface area contributed by atoms with Crippen LogP contribution in [0.4, 0.5) is 0 Å². The normalized spacial score (nSPS) is 17.9.